The molecule has 6 nitrogen and oxygen atoms in total. The van der Waals surface area contributed by atoms with Gasteiger partial charge in [0.25, 0.3) is 0 Å². The maximum atomic E-state index is 13.3. The van der Waals surface area contributed by atoms with Crippen molar-refractivity contribution in [2.45, 2.75) is 31.2 Å². The maximum absolute atomic E-state index is 13.3. The fraction of sp³-hybridized carbons (Fsp3) is 0.214. The van der Waals surface area contributed by atoms with Crippen LogP contribution in [0.15, 0.2) is 91.1 Å². The van der Waals surface area contributed by atoms with E-state index in [4.69, 9.17) is 0 Å². The van der Waals surface area contributed by atoms with Crippen molar-refractivity contribution in [3.05, 3.63) is 108 Å². The molecule has 1 unspecified atom stereocenters. The number of hydrogen-bond acceptors (Lipinski definition) is 2. The Balaban J connectivity index is 1.51. The summed E-state index contributed by atoms with van der Waals surface area (Å²) in [5.41, 5.74) is 2.96. The molecule has 0 aliphatic rings. The number of benzene rings is 3. The van der Waals surface area contributed by atoms with Crippen LogP contribution >= 0.6 is 0 Å². The zero-order valence-electron chi connectivity index (χ0n) is 19.1. The van der Waals surface area contributed by atoms with Gasteiger partial charge in [0, 0.05) is 29.6 Å². The number of nitrogens with one attached hydrogen (secondary N) is 3. The van der Waals surface area contributed by atoms with E-state index in [0.717, 1.165) is 27.6 Å². The standard InChI is InChI=1S/C28H29N3O3/c1-28(31-27(33)34,17-16-22-18-29-25-15-9-8-14-23(22)25)26(32)30-19-24(20-10-4-2-5-11-20)21-12-6-3-7-13-21/h2-15,18,24,29,31H,16-17,19H2,1H3,(H,30,32)(H,33,34). The number of aryl methyl sites for hydroxylation is 1. The van der Waals surface area contributed by atoms with E-state index >= 15 is 0 Å². The van der Waals surface area contributed by atoms with E-state index in [1.54, 1.807) is 6.92 Å². The van der Waals surface area contributed by atoms with Crippen molar-refractivity contribution in [1.82, 2.24) is 15.6 Å². The number of carbonyl (C=O) groups is 2. The first kappa shape index (κ1) is 23.1. The average Bonchev–Trinajstić information content (AvgIpc) is 3.27. The minimum Gasteiger partial charge on any atom is -0.465 e. The highest BCUT2D eigenvalue weighted by atomic mass is 16.4. The van der Waals surface area contributed by atoms with Crippen LogP contribution in [0.3, 0.4) is 0 Å². The van der Waals surface area contributed by atoms with Crippen molar-refractivity contribution in [2.24, 2.45) is 0 Å². The molecule has 3 aromatic carbocycles. The molecule has 0 fully saturated rings. The van der Waals surface area contributed by atoms with Gasteiger partial charge < -0.3 is 20.7 Å². The second-order valence-electron chi connectivity index (χ2n) is 8.71. The van der Waals surface area contributed by atoms with E-state index in [9.17, 15) is 14.7 Å². The summed E-state index contributed by atoms with van der Waals surface area (Å²) in [6.07, 6.45) is 1.58. The fourth-order valence-corrected chi connectivity index (χ4v) is 4.38. The van der Waals surface area contributed by atoms with Crippen LogP contribution < -0.4 is 10.6 Å². The summed E-state index contributed by atoms with van der Waals surface area (Å²) in [7, 11) is 0. The molecule has 6 heteroatoms. The normalized spacial score (nSPS) is 12.9. The number of aromatic amines is 1. The summed E-state index contributed by atoms with van der Waals surface area (Å²) in [4.78, 5) is 28.2. The Morgan fingerprint density at radius 1 is 0.912 bits per heavy atom. The van der Waals surface area contributed by atoms with Crippen molar-refractivity contribution < 1.29 is 14.7 Å². The second-order valence-corrected chi connectivity index (χ2v) is 8.71. The molecule has 0 saturated carbocycles. The first-order chi connectivity index (χ1) is 16.5. The van der Waals surface area contributed by atoms with E-state index < -0.39 is 11.6 Å². The Morgan fingerprint density at radius 3 is 2.12 bits per heavy atom. The molecule has 174 valence electrons. The van der Waals surface area contributed by atoms with E-state index in [1.807, 2.05) is 91.1 Å². The van der Waals surface area contributed by atoms with Crippen LogP contribution in [0.1, 0.15) is 36.0 Å². The number of hydrogen-bond donors (Lipinski definition) is 4. The molecule has 4 aromatic rings. The quantitative estimate of drug-likeness (QED) is 0.284. The molecule has 0 bridgehead atoms. The van der Waals surface area contributed by atoms with Crippen molar-refractivity contribution >= 4 is 22.9 Å². The lowest BCUT2D eigenvalue weighted by molar-refractivity contribution is -0.127. The minimum absolute atomic E-state index is 0.0472. The fourth-order valence-electron chi connectivity index (χ4n) is 4.38. The van der Waals surface area contributed by atoms with Crippen LogP contribution in [0.5, 0.6) is 0 Å². The predicted octanol–water partition coefficient (Wildman–Crippen LogP) is 5.08. The van der Waals surface area contributed by atoms with Gasteiger partial charge in [0.15, 0.2) is 0 Å². The maximum Gasteiger partial charge on any atom is 0.405 e. The Hall–Kier alpha value is -4.06. The molecule has 1 aromatic heterocycles. The summed E-state index contributed by atoms with van der Waals surface area (Å²) in [6, 6.07) is 27.9. The first-order valence-corrected chi connectivity index (χ1v) is 11.4. The summed E-state index contributed by atoms with van der Waals surface area (Å²) in [6.45, 7) is 2.00. The molecule has 0 radical (unpaired) electrons. The first-order valence-electron chi connectivity index (χ1n) is 11.4. The van der Waals surface area contributed by atoms with Crippen molar-refractivity contribution in [3.63, 3.8) is 0 Å². The predicted molar refractivity (Wildman–Crippen MR) is 134 cm³/mol. The lowest BCUT2D eigenvalue weighted by atomic mass is 9.89. The minimum atomic E-state index is -1.28. The number of rotatable bonds is 9. The molecule has 0 aliphatic heterocycles. The van der Waals surface area contributed by atoms with E-state index in [1.165, 1.54) is 0 Å². The highest BCUT2D eigenvalue weighted by Gasteiger charge is 2.35. The molecule has 0 aliphatic carbocycles. The lowest BCUT2D eigenvalue weighted by Gasteiger charge is -2.29. The smallest absolute Gasteiger partial charge is 0.405 e. The highest BCUT2D eigenvalue weighted by Crippen LogP contribution is 2.25. The van der Waals surface area contributed by atoms with Crippen LogP contribution in [-0.4, -0.2) is 34.2 Å². The third-order valence-corrected chi connectivity index (χ3v) is 6.32. The van der Waals surface area contributed by atoms with Crippen molar-refractivity contribution in [2.75, 3.05) is 6.54 Å². The number of H-pyrrole nitrogens is 1. The van der Waals surface area contributed by atoms with Gasteiger partial charge >= 0.3 is 6.09 Å². The van der Waals surface area contributed by atoms with Gasteiger partial charge in [0.2, 0.25) is 5.91 Å². The van der Waals surface area contributed by atoms with Crippen LogP contribution in [-0.2, 0) is 11.2 Å². The molecule has 4 rings (SSSR count). The molecule has 4 N–H and O–H groups in total. The zero-order valence-corrected chi connectivity index (χ0v) is 19.1. The molecule has 2 amide bonds. The topological polar surface area (TPSA) is 94.2 Å². The molecule has 0 saturated heterocycles. The summed E-state index contributed by atoms with van der Waals surface area (Å²) >= 11 is 0. The van der Waals surface area contributed by atoms with Gasteiger partial charge in [0.05, 0.1) is 0 Å². The molecular weight excluding hydrogens is 426 g/mol. The number of amides is 2. The van der Waals surface area contributed by atoms with E-state index in [2.05, 4.69) is 15.6 Å². The Kier molecular flexibility index (Phi) is 6.97. The zero-order chi connectivity index (χ0) is 24.0. The summed E-state index contributed by atoms with van der Waals surface area (Å²) < 4.78 is 0. The average molecular weight is 456 g/mol. The summed E-state index contributed by atoms with van der Waals surface area (Å²) in [5.74, 6) is -0.388. The van der Waals surface area contributed by atoms with Gasteiger partial charge in [-0.05, 0) is 42.5 Å². The third kappa shape index (κ3) is 5.29. The van der Waals surface area contributed by atoms with Crippen LogP contribution in [0, 0.1) is 0 Å². The highest BCUT2D eigenvalue weighted by molar-refractivity contribution is 5.89. The van der Waals surface area contributed by atoms with Gasteiger partial charge in [0.1, 0.15) is 5.54 Å². The van der Waals surface area contributed by atoms with E-state index in [-0.39, 0.29) is 11.8 Å². The molecule has 34 heavy (non-hydrogen) atoms. The lowest BCUT2D eigenvalue weighted by Crippen LogP contribution is -2.57. The second kappa shape index (κ2) is 10.3. The Bertz CT molecular complexity index is 1210. The third-order valence-electron chi connectivity index (χ3n) is 6.32. The number of aromatic nitrogens is 1. The van der Waals surface area contributed by atoms with Gasteiger partial charge in [-0.2, -0.15) is 0 Å². The van der Waals surface area contributed by atoms with Crippen molar-refractivity contribution in [3.8, 4) is 0 Å². The number of carboxylic acid groups (broad SMARTS) is 1. The Labute approximate surface area is 199 Å². The number of carbonyl (C=O) groups excluding carboxylic acids is 1. The Morgan fingerprint density at radius 2 is 1.50 bits per heavy atom. The monoisotopic (exact) mass is 455 g/mol. The van der Waals surface area contributed by atoms with E-state index in [0.29, 0.717) is 19.4 Å². The summed E-state index contributed by atoms with van der Waals surface area (Å²) in [5, 5.41) is 16.0. The molecule has 1 atom stereocenters. The van der Waals surface area contributed by atoms with Gasteiger partial charge in [-0.1, -0.05) is 78.9 Å². The van der Waals surface area contributed by atoms with Crippen LogP contribution in [0.2, 0.25) is 0 Å². The largest absolute Gasteiger partial charge is 0.465 e. The van der Waals surface area contributed by atoms with Crippen LogP contribution in [0.4, 0.5) is 4.79 Å². The molecule has 0 spiro atoms. The molecule has 1 heterocycles. The van der Waals surface area contributed by atoms with Crippen LogP contribution in [0.25, 0.3) is 10.9 Å². The van der Waals surface area contributed by atoms with Gasteiger partial charge in [-0.3, -0.25) is 4.79 Å². The number of fused-ring (bicyclic) bond motifs is 1. The molecular formula is C28H29N3O3. The van der Waals surface area contributed by atoms with Gasteiger partial charge in [-0.25, -0.2) is 4.79 Å². The number of para-hydroxylation sites is 1. The SMILES string of the molecule is CC(CCc1c[nH]c2ccccc12)(NC(=O)O)C(=O)NCC(c1ccccc1)c1ccccc1. The van der Waals surface area contributed by atoms with Crippen molar-refractivity contribution in [1.29, 1.82) is 0 Å². The van der Waals surface area contributed by atoms with Gasteiger partial charge in [-0.15, -0.1) is 0 Å².